The number of nitrogens with zero attached hydrogens (tertiary/aromatic N) is 2. The minimum atomic E-state index is -1.41. The van der Waals surface area contributed by atoms with Gasteiger partial charge in [0.25, 0.3) is 0 Å². The maximum Gasteiger partial charge on any atom is 0.341 e. The van der Waals surface area contributed by atoms with Crippen molar-refractivity contribution in [1.82, 2.24) is 9.78 Å². The van der Waals surface area contributed by atoms with Crippen molar-refractivity contribution < 1.29 is 13.9 Å². The summed E-state index contributed by atoms with van der Waals surface area (Å²) in [6.45, 7) is -0.191. The highest BCUT2D eigenvalue weighted by Crippen LogP contribution is 2.20. The van der Waals surface area contributed by atoms with Crippen LogP contribution in [-0.2, 0) is 11.8 Å². The Morgan fingerprint density at radius 2 is 2.50 bits per heavy atom. The lowest BCUT2D eigenvalue weighted by molar-refractivity contribution is 0.0597. The van der Waals surface area contributed by atoms with Gasteiger partial charge in [-0.2, -0.15) is 5.10 Å². The minimum absolute atomic E-state index is 0.118. The topological polar surface area (TPSA) is 70.1 Å². The van der Waals surface area contributed by atoms with Crippen LogP contribution in [0.25, 0.3) is 0 Å². The molecule has 0 amide bonds. The summed E-state index contributed by atoms with van der Waals surface area (Å²) >= 11 is 0. The highest BCUT2D eigenvalue weighted by Gasteiger charge is 2.22. The molecule has 14 heavy (non-hydrogen) atoms. The summed E-state index contributed by atoms with van der Waals surface area (Å²) in [4.78, 5) is 11.2. The van der Waals surface area contributed by atoms with Crippen LogP contribution >= 0.6 is 0 Å². The van der Waals surface area contributed by atoms with E-state index in [2.05, 4.69) is 9.84 Å². The molecule has 0 aliphatic heterocycles. The summed E-state index contributed by atoms with van der Waals surface area (Å²) in [6, 6.07) is 0. The number of ether oxygens (including phenoxy) is 1. The molecule has 0 aliphatic rings. The lowest BCUT2D eigenvalue weighted by Crippen LogP contribution is -2.15. The first-order valence-electron chi connectivity index (χ1n) is 4.06. The molecule has 1 rings (SSSR count). The second-order valence-electron chi connectivity index (χ2n) is 2.76. The van der Waals surface area contributed by atoms with Crippen LogP contribution in [0.3, 0.4) is 0 Å². The van der Waals surface area contributed by atoms with Gasteiger partial charge in [-0.05, 0) is 0 Å². The maximum atomic E-state index is 13.3. The number of hydrogen-bond acceptors (Lipinski definition) is 4. The molecule has 0 fully saturated rings. The summed E-state index contributed by atoms with van der Waals surface area (Å²) < 4.78 is 19.1. The van der Waals surface area contributed by atoms with Crippen LogP contribution in [0.4, 0.5) is 4.39 Å². The molecule has 0 radical (unpaired) electrons. The molecule has 5 nitrogen and oxygen atoms in total. The molecule has 2 N–H and O–H groups in total. The Hall–Kier alpha value is -1.43. The van der Waals surface area contributed by atoms with Gasteiger partial charge in [-0.3, -0.25) is 4.68 Å². The molecule has 1 aromatic rings. The van der Waals surface area contributed by atoms with Crippen LogP contribution in [0.15, 0.2) is 6.20 Å². The monoisotopic (exact) mass is 201 g/mol. The molecule has 1 unspecified atom stereocenters. The number of methoxy groups -OCH3 is 1. The number of carbonyl (C=O) groups excluding carboxylic acids is 1. The summed E-state index contributed by atoms with van der Waals surface area (Å²) in [5.74, 6) is -0.607. The molecule has 1 atom stereocenters. The predicted octanol–water partition coefficient (Wildman–Crippen LogP) is 0.176. The van der Waals surface area contributed by atoms with Gasteiger partial charge in [0.15, 0.2) is 6.17 Å². The van der Waals surface area contributed by atoms with Crippen LogP contribution in [0, 0.1) is 0 Å². The van der Waals surface area contributed by atoms with E-state index in [-0.39, 0.29) is 17.8 Å². The van der Waals surface area contributed by atoms with E-state index in [0.29, 0.717) is 0 Å². The van der Waals surface area contributed by atoms with Gasteiger partial charge >= 0.3 is 5.97 Å². The van der Waals surface area contributed by atoms with Gasteiger partial charge in [0.1, 0.15) is 5.56 Å². The van der Waals surface area contributed by atoms with Gasteiger partial charge in [-0.25, -0.2) is 9.18 Å². The number of nitrogens with two attached hydrogens (primary N) is 1. The van der Waals surface area contributed by atoms with Crippen LogP contribution < -0.4 is 5.73 Å². The summed E-state index contributed by atoms with van der Waals surface area (Å²) in [5, 5.41) is 3.77. The molecule has 0 saturated carbocycles. The van der Waals surface area contributed by atoms with Crippen molar-refractivity contribution in [2.75, 3.05) is 13.7 Å². The van der Waals surface area contributed by atoms with Gasteiger partial charge in [-0.1, -0.05) is 0 Å². The van der Waals surface area contributed by atoms with E-state index in [9.17, 15) is 9.18 Å². The number of aryl methyl sites for hydroxylation is 1. The molecule has 0 spiro atoms. The van der Waals surface area contributed by atoms with Gasteiger partial charge in [-0.15, -0.1) is 0 Å². The molecule has 78 valence electrons. The van der Waals surface area contributed by atoms with E-state index in [1.807, 2.05) is 0 Å². The highest BCUT2D eigenvalue weighted by atomic mass is 19.1. The van der Waals surface area contributed by atoms with Crippen molar-refractivity contribution in [2.24, 2.45) is 12.8 Å². The summed E-state index contributed by atoms with van der Waals surface area (Å²) in [6.07, 6.45) is -0.139. The van der Waals surface area contributed by atoms with Crippen molar-refractivity contribution in [3.05, 3.63) is 17.5 Å². The first-order valence-corrected chi connectivity index (χ1v) is 4.06. The van der Waals surface area contributed by atoms with Crippen LogP contribution in [0.1, 0.15) is 22.2 Å². The second kappa shape index (κ2) is 4.19. The van der Waals surface area contributed by atoms with Crippen LogP contribution in [-0.4, -0.2) is 29.4 Å². The number of esters is 1. The summed E-state index contributed by atoms with van der Waals surface area (Å²) in [7, 11) is 2.78. The van der Waals surface area contributed by atoms with E-state index in [4.69, 9.17) is 5.73 Å². The van der Waals surface area contributed by atoms with Crippen molar-refractivity contribution in [3.8, 4) is 0 Å². The molecule has 6 heteroatoms. The molecular formula is C8H12FN3O2. The normalized spacial score (nSPS) is 12.6. The molecule has 0 bridgehead atoms. The standard InChI is InChI=1S/C8H12FN3O2/c1-12-7(6(9)3-10)5(4-11-12)8(13)14-2/h4,6H,3,10H2,1-2H3. The molecular weight excluding hydrogens is 189 g/mol. The lowest BCUT2D eigenvalue weighted by Gasteiger charge is -2.07. The van der Waals surface area contributed by atoms with Crippen molar-refractivity contribution >= 4 is 5.97 Å². The van der Waals surface area contributed by atoms with E-state index in [0.717, 1.165) is 0 Å². The Kier molecular flexibility index (Phi) is 3.19. The van der Waals surface area contributed by atoms with E-state index >= 15 is 0 Å². The van der Waals surface area contributed by atoms with Gasteiger partial charge in [0.2, 0.25) is 0 Å². The van der Waals surface area contributed by atoms with Gasteiger partial charge in [0.05, 0.1) is 19.0 Å². The molecule has 1 aromatic heterocycles. The Balaban J connectivity index is 3.12. The highest BCUT2D eigenvalue weighted by molar-refractivity contribution is 5.90. The third kappa shape index (κ3) is 1.74. The third-order valence-corrected chi connectivity index (χ3v) is 1.89. The first-order chi connectivity index (χ1) is 6.61. The van der Waals surface area contributed by atoms with E-state index in [1.165, 1.54) is 18.0 Å². The zero-order chi connectivity index (χ0) is 10.7. The van der Waals surface area contributed by atoms with Crippen LogP contribution in [0.2, 0.25) is 0 Å². The van der Waals surface area contributed by atoms with Crippen molar-refractivity contribution in [3.63, 3.8) is 0 Å². The number of hydrogen-bond donors (Lipinski definition) is 1. The lowest BCUT2D eigenvalue weighted by atomic mass is 10.2. The SMILES string of the molecule is COC(=O)c1cnn(C)c1C(F)CN. The quantitative estimate of drug-likeness (QED) is 0.708. The Morgan fingerprint density at radius 1 is 1.86 bits per heavy atom. The van der Waals surface area contributed by atoms with E-state index in [1.54, 1.807) is 7.05 Å². The fraction of sp³-hybridized carbons (Fsp3) is 0.500. The average molecular weight is 201 g/mol. The molecule has 1 heterocycles. The van der Waals surface area contributed by atoms with Crippen molar-refractivity contribution in [1.29, 1.82) is 0 Å². The molecule has 0 saturated heterocycles. The maximum absolute atomic E-state index is 13.3. The predicted molar refractivity (Wildman–Crippen MR) is 47.5 cm³/mol. The summed E-state index contributed by atoms with van der Waals surface area (Å²) in [5.41, 5.74) is 5.45. The van der Waals surface area contributed by atoms with Crippen LogP contribution in [0.5, 0.6) is 0 Å². The van der Waals surface area contributed by atoms with E-state index < -0.39 is 12.1 Å². The molecule has 0 aliphatic carbocycles. The average Bonchev–Trinajstić information content (AvgIpc) is 2.58. The Labute approximate surface area is 80.6 Å². The number of rotatable bonds is 3. The largest absolute Gasteiger partial charge is 0.465 e. The van der Waals surface area contributed by atoms with Crippen molar-refractivity contribution in [2.45, 2.75) is 6.17 Å². The number of halogens is 1. The Morgan fingerprint density at radius 3 is 3.00 bits per heavy atom. The zero-order valence-corrected chi connectivity index (χ0v) is 8.03. The molecule has 0 aromatic carbocycles. The fourth-order valence-corrected chi connectivity index (χ4v) is 1.20. The van der Waals surface area contributed by atoms with Gasteiger partial charge in [0, 0.05) is 13.6 Å². The smallest absolute Gasteiger partial charge is 0.341 e. The number of aromatic nitrogens is 2. The Bertz CT molecular complexity index is 337. The first kappa shape index (κ1) is 10.6. The minimum Gasteiger partial charge on any atom is -0.465 e. The fourth-order valence-electron chi connectivity index (χ4n) is 1.20. The third-order valence-electron chi connectivity index (χ3n) is 1.89. The second-order valence-corrected chi connectivity index (χ2v) is 2.76. The number of alkyl halides is 1. The van der Waals surface area contributed by atoms with Gasteiger partial charge < -0.3 is 10.5 Å². The number of carbonyl (C=O) groups is 1. The zero-order valence-electron chi connectivity index (χ0n) is 8.03.